The molecule has 7 heteroatoms. The smallest absolute Gasteiger partial charge is 0.446 e. The molecule has 3 aromatic heterocycles. The Balaban J connectivity index is 0.000000150. The van der Waals surface area contributed by atoms with E-state index in [0.29, 0.717) is 17.2 Å². The van der Waals surface area contributed by atoms with E-state index in [4.69, 9.17) is 4.99 Å². The first-order valence-electron chi connectivity index (χ1n) is 13.9. The summed E-state index contributed by atoms with van der Waals surface area (Å²) in [6.07, 6.45) is 17.8. The number of hydrogen-bond donors (Lipinski definition) is 0. The van der Waals surface area contributed by atoms with Crippen LogP contribution < -0.4 is 10.5 Å². The Kier molecular flexibility index (Phi) is 8.48. The topological polar surface area (TPSA) is 78.7 Å². The Morgan fingerprint density at radius 1 is 0.581 bits per heavy atom. The normalized spacial score (nSPS) is 18.1. The third-order valence-corrected chi connectivity index (χ3v) is 7.38. The minimum Gasteiger partial charge on any atom is -0.446 e. The van der Waals surface area contributed by atoms with Crippen molar-refractivity contribution in [1.82, 2.24) is 15.0 Å². The van der Waals surface area contributed by atoms with Crippen LogP contribution in [0.4, 0.5) is 11.6 Å². The second-order valence-electron chi connectivity index (χ2n) is 9.99. The molecule has 1 aliphatic carbocycles. The molecule has 4 heterocycles. The van der Waals surface area contributed by atoms with Crippen molar-refractivity contribution in [2.24, 2.45) is 21.8 Å². The Bertz CT molecular complexity index is 2090. The van der Waals surface area contributed by atoms with Crippen LogP contribution in [0.3, 0.4) is 0 Å². The molecule has 2 aliphatic rings. The van der Waals surface area contributed by atoms with Crippen molar-refractivity contribution in [3.05, 3.63) is 157 Å². The number of amidine groups is 1. The van der Waals surface area contributed by atoms with Gasteiger partial charge < -0.3 is 20.3 Å². The van der Waals surface area contributed by atoms with Crippen molar-refractivity contribution in [2.45, 2.75) is 0 Å². The van der Waals surface area contributed by atoms with Crippen LogP contribution in [0, 0.1) is 11.8 Å². The van der Waals surface area contributed by atoms with Crippen LogP contribution in [0.25, 0.3) is 37.6 Å². The summed E-state index contributed by atoms with van der Waals surface area (Å²) in [7, 11) is 0. The first kappa shape index (κ1) is 28.2. The zero-order valence-electron chi connectivity index (χ0n) is 23.0. The average Bonchev–Trinajstić information content (AvgIpc) is 3.06. The molecule has 3 aromatic carbocycles. The molecule has 1 aliphatic heterocycles. The van der Waals surface area contributed by atoms with Crippen LogP contribution in [0.2, 0.25) is 0 Å². The van der Waals surface area contributed by atoms with Gasteiger partial charge in [0.2, 0.25) is 0 Å². The molecule has 0 bridgehead atoms. The van der Waals surface area contributed by atoms with Gasteiger partial charge in [0, 0.05) is 35.0 Å². The Hall–Kier alpha value is -4.93. The van der Waals surface area contributed by atoms with Gasteiger partial charge in [-0.25, -0.2) is 0 Å². The van der Waals surface area contributed by atoms with Crippen LogP contribution in [-0.2, 0) is 21.1 Å². The molecule has 6 nitrogen and oxygen atoms in total. The summed E-state index contributed by atoms with van der Waals surface area (Å²) in [4.78, 5) is 22.6. The Labute approximate surface area is 263 Å². The maximum Gasteiger partial charge on any atom is 2.00 e. The molecule has 0 N–H and O–H groups in total. The van der Waals surface area contributed by atoms with Crippen LogP contribution >= 0.6 is 0 Å². The molecule has 0 saturated carbocycles. The minimum atomic E-state index is 0. The van der Waals surface area contributed by atoms with E-state index < -0.39 is 0 Å². The van der Waals surface area contributed by atoms with E-state index in [1.807, 2.05) is 72.9 Å². The molecule has 2 atom stereocenters. The zero-order valence-corrected chi connectivity index (χ0v) is 25.3. The summed E-state index contributed by atoms with van der Waals surface area (Å²) in [6.45, 7) is 0. The monoisotopic (exact) mass is 737 g/mol. The number of fused-ring (bicyclic) bond motifs is 4. The van der Waals surface area contributed by atoms with Gasteiger partial charge >= 0.3 is 21.1 Å². The molecular weight excluding hydrogens is 712 g/mol. The number of pyridine rings is 3. The first-order valence-corrected chi connectivity index (χ1v) is 13.9. The number of allylic oxidation sites excluding steroid dienone is 4. The second-order valence-corrected chi connectivity index (χ2v) is 9.99. The summed E-state index contributed by atoms with van der Waals surface area (Å²) in [5.74, 6) is 2.83. The van der Waals surface area contributed by atoms with Crippen LogP contribution in [0.15, 0.2) is 156 Å². The summed E-state index contributed by atoms with van der Waals surface area (Å²) in [6, 6.07) is 30.4. The molecule has 0 amide bonds. The minimum absolute atomic E-state index is 0. The van der Waals surface area contributed by atoms with E-state index in [9.17, 15) is 0 Å². The maximum absolute atomic E-state index is 4.73. The van der Waals surface area contributed by atoms with Gasteiger partial charge in [0.05, 0.1) is 11.6 Å². The zero-order chi connectivity index (χ0) is 28.1. The molecule has 210 valence electrons. The number of rotatable bonds is 2. The third-order valence-electron chi connectivity index (χ3n) is 7.38. The summed E-state index contributed by atoms with van der Waals surface area (Å²) < 4.78 is 0. The Morgan fingerprint density at radius 3 is 1.86 bits per heavy atom. The van der Waals surface area contributed by atoms with E-state index in [-0.39, 0.29) is 27.0 Å². The van der Waals surface area contributed by atoms with Gasteiger partial charge in [0.15, 0.2) is 0 Å². The fourth-order valence-corrected chi connectivity index (χ4v) is 5.26. The van der Waals surface area contributed by atoms with Crippen molar-refractivity contribution in [2.75, 3.05) is 0 Å². The molecule has 0 saturated heterocycles. The first-order chi connectivity index (χ1) is 20.8. The third kappa shape index (κ3) is 6.01. The summed E-state index contributed by atoms with van der Waals surface area (Å²) >= 11 is 0. The molecular formula is C36H26N6Pt. The van der Waals surface area contributed by atoms with Gasteiger partial charge in [0.25, 0.3) is 0 Å². The fourth-order valence-electron chi connectivity index (χ4n) is 5.26. The van der Waals surface area contributed by atoms with E-state index >= 15 is 0 Å². The van der Waals surface area contributed by atoms with E-state index in [1.54, 1.807) is 18.6 Å². The number of hydrogen-bond acceptors (Lipinski definition) is 4. The van der Waals surface area contributed by atoms with Crippen LogP contribution in [0.5, 0.6) is 0 Å². The van der Waals surface area contributed by atoms with Gasteiger partial charge in [-0.2, -0.15) is 0 Å². The predicted molar refractivity (Wildman–Crippen MR) is 171 cm³/mol. The molecule has 6 aromatic rings. The average molecular weight is 738 g/mol. The van der Waals surface area contributed by atoms with E-state index in [0.717, 1.165) is 44.0 Å². The van der Waals surface area contributed by atoms with Crippen molar-refractivity contribution in [3.63, 3.8) is 0 Å². The summed E-state index contributed by atoms with van der Waals surface area (Å²) in [5, 5.41) is 11.0. The van der Waals surface area contributed by atoms with E-state index in [2.05, 4.69) is 79.9 Å². The van der Waals surface area contributed by atoms with Gasteiger partial charge in [0.1, 0.15) is 0 Å². The fraction of sp³-hybridized carbons (Fsp3) is 0.0556. The number of benzene rings is 3. The van der Waals surface area contributed by atoms with Crippen molar-refractivity contribution >= 4 is 49.8 Å². The quantitative estimate of drug-likeness (QED) is 0.180. The molecule has 8 rings (SSSR count). The molecule has 0 fully saturated rings. The van der Waals surface area contributed by atoms with Crippen molar-refractivity contribution in [3.8, 4) is 0 Å². The number of aromatic nitrogens is 3. The maximum atomic E-state index is 4.73. The molecule has 0 radical (unpaired) electrons. The SMILES string of the molecule is C1=CC2C=C[N-]C(=Nc3nccc4ccccc34)C2C=C1.[Pt+2].c1ccc2c(N=c3[n-]ccc4ccccc34)nccc2c1. The van der Waals surface area contributed by atoms with Crippen LogP contribution in [0.1, 0.15) is 0 Å². The molecule has 43 heavy (non-hydrogen) atoms. The van der Waals surface area contributed by atoms with E-state index in [1.165, 1.54) is 0 Å². The standard InChI is InChI=1S/C18H14N3.C18H12N3.Pt/c2*1-3-7-15-13(5-1)9-11-19-17(15)21-18-16-8-4-2-6-14(16)10-12-20-18;/h1-13,15H;1-12H;/q2*-1;+2. The van der Waals surface area contributed by atoms with Gasteiger partial charge in [-0.05, 0) is 39.2 Å². The number of nitrogens with zero attached hydrogens (tertiary/aromatic N) is 6. The van der Waals surface area contributed by atoms with Gasteiger partial charge in [-0.1, -0.05) is 127 Å². The largest absolute Gasteiger partial charge is 2.00 e. The van der Waals surface area contributed by atoms with Crippen molar-refractivity contribution in [1.29, 1.82) is 0 Å². The number of aliphatic imine (C=N–C) groups is 1. The molecule has 2 unspecified atom stereocenters. The summed E-state index contributed by atoms with van der Waals surface area (Å²) in [5.41, 5.74) is 0.706. The van der Waals surface area contributed by atoms with Crippen molar-refractivity contribution < 1.29 is 21.1 Å². The predicted octanol–water partition coefficient (Wildman–Crippen LogP) is 8.10. The second kappa shape index (κ2) is 12.9. The van der Waals surface area contributed by atoms with Crippen LogP contribution in [-0.4, -0.2) is 15.8 Å². The van der Waals surface area contributed by atoms with Gasteiger partial charge in [-0.3, -0.25) is 9.97 Å². The van der Waals surface area contributed by atoms with Gasteiger partial charge in [-0.15, -0.1) is 0 Å². The Morgan fingerprint density at radius 2 is 1.16 bits per heavy atom. The molecule has 0 spiro atoms.